The van der Waals surface area contributed by atoms with Crippen molar-refractivity contribution in [2.75, 3.05) is 32.4 Å². The molecule has 0 aliphatic carbocycles. The highest BCUT2D eigenvalue weighted by Gasteiger charge is 2.17. The van der Waals surface area contributed by atoms with E-state index >= 15 is 0 Å². The quantitative estimate of drug-likeness (QED) is 0.0918. The molecule has 1 aromatic carbocycles. The number of carbonyl (C=O) groups excluding carboxylic acids is 3. The summed E-state index contributed by atoms with van der Waals surface area (Å²) in [5, 5.41) is 0. The molecule has 1 aromatic rings. The molecule has 5 nitrogen and oxygen atoms in total. The number of nitrogens with zero attached hydrogens (tertiary/aromatic N) is 2. The monoisotopic (exact) mass is 530 g/mol. The maximum absolute atomic E-state index is 11.7. The van der Waals surface area contributed by atoms with Crippen molar-refractivity contribution >= 4 is 30.6 Å². The van der Waals surface area contributed by atoms with E-state index in [9.17, 15) is 14.4 Å². The second kappa shape index (κ2) is 20.5. The van der Waals surface area contributed by atoms with Crippen LogP contribution in [0.2, 0.25) is 0 Å². The molecule has 0 radical (unpaired) electrons. The Labute approximate surface area is 230 Å². The van der Waals surface area contributed by atoms with Crippen LogP contribution < -0.4 is 0 Å². The fourth-order valence-corrected chi connectivity index (χ4v) is 6.31. The summed E-state index contributed by atoms with van der Waals surface area (Å²) in [6.07, 6.45) is 21.1. The topological polar surface area (TPSA) is 57.7 Å². The Morgan fingerprint density at radius 1 is 0.892 bits per heavy atom. The zero-order valence-corrected chi connectivity index (χ0v) is 24.0. The van der Waals surface area contributed by atoms with Crippen molar-refractivity contribution in [3.63, 3.8) is 0 Å². The van der Waals surface area contributed by atoms with Gasteiger partial charge in [-0.15, -0.1) is 11.8 Å². The fraction of sp³-hybridized carbons (Fsp3) is 0.710. The minimum absolute atomic E-state index is 0.317. The first-order chi connectivity index (χ1) is 18.2. The van der Waals surface area contributed by atoms with Crippen molar-refractivity contribution in [3.05, 3.63) is 29.3 Å². The number of hydrogen-bond donors (Lipinski definition) is 0. The highest BCUT2D eigenvalue weighted by atomic mass is 32.2. The van der Waals surface area contributed by atoms with E-state index in [1.54, 1.807) is 0 Å². The molecule has 0 bridgehead atoms. The molecule has 1 saturated heterocycles. The summed E-state index contributed by atoms with van der Waals surface area (Å²) in [6.45, 7) is 4.49. The van der Waals surface area contributed by atoms with Crippen LogP contribution in [-0.2, 0) is 16.1 Å². The van der Waals surface area contributed by atoms with E-state index in [1.165, 1.54) is 103 Å². The molecule has 2 rings (SSSR count). The van der Waals surface area contributed by atoms with E-state index in [0.29, 0.717) is 24.9 Å². The average molecular weight is 531 g/mol. The molecule has 0 spiro atoms. The van der Waals surface area contributed by atoms with Crippen molar-refractivity contribution < 1.29 is 14.4 Å². The van der Waals surface area contributed by atoms with Crippen molar-refractivity contribution in [2.45, 2.75) is 114 Å². The maximum atomic E-state index is 11.7. The molecule has 1 heterocycles. The molecule has 1 unspecified atom stereocenters. The van der Waals surface area contributed by atoms with Gasteiger partial charge in [0.1, 0.15) is 18.9 Å². The van der Waals surface area contributed by atoms with Gasteiger partial charge in [0.15, 0.2) is 0 Å². The summed E-state index contributed by atoms with van der Waals surface area (Å²) in [4.78, 5) is 39.6. The number of carbonyl (C=O) groups is 3. The summed E-state index contributed by atoms with van der Waals surface area (Å²) in [5.74, 6) is 1.04. The number of benzene rings is 1. The van der Waals surface area contributed by atoms with E-state index in [2.05, 4.69) is 11.0 Å². The fourth-order valence-electron chi connectivity index (χ4n) is 5.21. The first kappa shape index (κ1) is 31.7. The summed E-state index contributed by atoms with van der Waals surface area (Å²) >= 11 is 1.81. The van der Waals surface area contributed by atoms with Crippen LogP contribution in [0.25, 0.3) is 0 Å². The SMILES string of the molecule is CN(Cc1c(C=O)cccc1SCCCCCCCCCCCCN1CCCCC1)C(C=O)CCC=O. The van der Waals surface area contributed by atoms with E-state index < -0.39 is 0 Å². The Bertz CT molecular complexity index is 767. The van der Waals surface area contributed by atoms with Crippen LogP contribution in [-0.4, -0.2) is 67.1 Å². The summed E-state index contributed by atoms with van der Waals surface area (Å²) in [6, 6.07) is 5.54. The van der Waals surface area contributed by atoms with Crippen LogP contribution >= 0.6 is 11.8 Å². The van der Waals surface area contributed by atoms with Gasteiger partial charge >= 0.3 is 0 Å². The molecular weight excluding hydrogens is 480 g/mol. The van der Waals surface area contributed by atoms with Crippen LogP contribution in [0.5, 0.6) is 0 Å². The first-order valence-electron chi connectivity index (χ1n) is 14.7. The second-order valence-corrected chi connectivity index (χ2v) is 11.7. The normalized spacial score (nSPS) is 15.1. The molecule has 208 valence electrons. The van der Waals surface area contributed by atoms with E-state index in [-0.39, 0.29) is 6.04 Å². The highest BCUT2D eigenvalue weighted by molar-refractivity contribution is 7.99. The molecule has 1 atom stereocenters. The Hall–Kier alpha value is -1.50. The standard InChI is InChI=1S/C31H50N2O3S/c1-32(29(27-36)18-16-23-34)25-30-28(26-35)17-15-19-31(30)37-24-14-9-7-5-3-2-4-6-8-11-20-33-21-12-10-13-22-33/h15,17,19,23,26-27,29H,2-14,16,18,20-22,24-25H2,1H3. The lowest BCUT2D eigenvalue weighted by atomic mass is 10.1. The Morgan fingerprint density at radius 3 is 2.16 bits per heavy atom. The van der Waals surface area contributed by atoms with Gasteiger partial charge < -0.3 is 14.5 Å². The predicted molar refractivity (Wildman–Crippen MR) is 156 cm³/mol. The largest absolute Gasteiger partial charge is 0.303 e. The molecule has 1 aliphatic heterocycles. The van der Waals surface area contributed by atoms with Gasteiger partial charge in [0.05, 0.1) is 6.04 Å². The Kier molecular flexibility index (Phi) is 17.5. The zero-order chi connectivity index (χ0) is 26.6. The van der Waals surface area contributed by atoms with Gasteiger partial charge in [-0.3, -0.25) is 9.69 Å². The lowest BCUT2D eigenvalue weighted by Gasteiger charge is -2.26. The van der Waals surface area contributed by atoms with Gasteiger partial charge in [0, 0.05) is 23.4 Å². The van der Waals surface area contributed by atoms with Crippen LogP contribution in [0, 0.1) is 0 Å². The third-order valence-electron chi connectivity index (χ3n) is 7.58. The van der Waals surface area contributed by atoms with Crippen LogP contribution in [0.15, 0.2) is 23.1 Å². The third-order valence-corrected chi connectivity index (χ3v) is 8.77. The average Bonchev–Trinajstić information content (AvgIpc) is 2.93. The number of likely N-dealkylation sites (tertiary alicyclic amines) is 1. The smallest absolute Gasteiger partial charge is 0.150 e. The Morgan fingerprint density at radius 2 is 1.54 bits per heavy atom. The highest BCUT2D eigenvalue weighted by Crippen LogP contribution is 2.28. The number of likely N-dealkylation sites (N-methyl/N-ethyl adjacent to an activating group) is 1. The number of aldehydes is 3. The van der Waals surface area contributed by atoms with E-state index in [4.69, 9.17) is 0 Å². The zero-order valence-electron chi connectivity index (χ0n) is 23.2. The van der Waals surface area contributed by atoms with Crippen LogP contribution in [0.4, 0.5) is 0 Å². The minimum Gasteiger partial charge on any atom is -0.303 e. The molecule has 0 saturated carbocycles. The van der Waals surface area contributed by atoms with E-state index in [1.807, 2.05) is 35.8 Å². The Balaban J connectivity index is 1.57. The predicted octanol–water partition coefficient (Wildman–Crippen LogP) is 6.96. The van der Waals surface area contributed by atoms with Crippen LogP contribution in [0.1, 0.15) is 112 Å². The number of hydrogen-bond acceptors (Lipinski definition) is 6. The molecule has 37 heavy (non-hydrogen) atoms. The number of thioether (sulfide) groups is 1. The van der Waals surface area contributed by atoms with Gasteiger partial charge in [-0.25, -0.2) is 0 Å². The molecule has 1 fully saturated rings. The molecule has 6 heteroatoms. The molecule has 1 aliphatic rings. The molecule has 0 amide bonds. The van der Waals surface area contributed by atoms with Crippen molar-refractivity contribution in [3.8, 4) is 0 Å². The number of piperidine rings is 1. The maximum Gasteiger partial charge on any atom is 0.150 e. The molecule has 0 aromatic heterocycles. The lowest BCUT2D eigenvalue weighted by molar-refractivity contribution is -0.113. The number of rotatable bonds is 22. The van der Waals surface area contributed by atoms with E-state index in [0.717, 1.165) is 35.1 Å². The van der Waals surface area contributed by atoms with Gasteiger partial charge in [-0.2, -0.15) is 0 Å². The van der Waals surface area contributed by atoms with Crippen molar-refractivity contribution in [2.24, 2.45) is 0 Å². The molecule has 0 N–H and O–H groups in total. The summed E-state index contributed by atoms with van der Waals surface area (Å²) in [7, 11) is 1.88. The summed E-state index contributed by atoms with van der Waals surface area (Å²) in [5.41, 5.74) is 1.67. The van der Waals surface area contributed by atoms with Gasteiger partial charge in [-0.1, -0.05) is 69.9 Å². The molecular formula is C31H50N2O3S. The van der Waals surface area contributed by atoms with Crippen LogP contribution in [0.3, 0.4) is 0 Å². The van der Waals surface area contributed by atoms with Gasteiger partial charge in [-0.05, 0) is 76.2 Å². The third kappa shape index (κ3) is 13.2. The van der Waals surface area contributed by atoms with Crippen molar-refractivity contribution in [1.82, 2.24) is 9.80 Å². The lowest BCUT2D eigenvalue weighted by Crippen LogP contribution is -2.33. The van der Waals surface area contributed by atoms with Gasteiger partial charge in [0.25, 0.3) is 0 Å². The summed E-state index contributed by atoms with van der Waals surface area (Å²) < 4.78 is 0. The number of unbranched alkanes of at least 4 members (excludes halogenated alkanes) is 9. The second-order valence-electron chi connectivity index (χ2n) is 10.6. The minimum atomic E-state index is -0.317. The van der Waals surface area contributed by atoms with Gasteiger partial charge in [0.2, 0.25) is 0 Å². The van der Waals surface area contributed by atoms with Crippen molar-refractivity contribution in [1.29, 1.82) is 0 Å². The first-order valence-corrected chi connectivity index (χ1v) is 15.7.